The summed E-state index contributed by atoms with van der Waals surface area (Å²) in [5.41, 5.74) is 0.991. The van der Waals surface area contributed by atoms with Crippen molar-refractivity contribution in [3.63, 3.8) is 0 Å². The highest BCUT2D eigenvalue weighted by Gasteiger charge is 2.07. The van der Waals surface area contributed by atoms with Crippen LogP contribution in [0.4, 0.5) is 5.95 Å². The number of rotatable bonds is 5. The first-order valence-corrected chi connectivity index (χ1v) is 5.55. The van der Waals surface area contributed by atoms with Gasteiger partial charge in [0.25, 0.3) is 0 Å². The molecule has 0 fully saturated rings. The van der Waals surface area contributed by atoms with Gasteiger partial charge in [0, 0.05) is 32.2 Å². The maximum Gasteiger partial charge on any atom is 0.203 e. The highest BCUT2D eigenvalue weighted by atomic mass is 15.2. The number of hydrogen-bond donors (Lipinski definition) is 1. The topological polar surface area (TPSA) is 47.7 Å². The highest BCUT2D eigenvalue weighted by molar-refractivity contribution is 5.30. The normalized spacial score (nSPS) is 10.5. The molecule has 0 radical (unpaired) electrons. The van der Waals surface area contributed by atoms with Crippen molar-refractivity contribution in [2.24, 2.45) is 7.05 Å². The minimum atomic E-state index is 0.705. The lowest BCUT2D eigenvalue weighted by atomic mass is 10.5. The van der Waals surface area contributed by atoms with Crippen LogP contribution in [0.25, 0.3) is 0 Å². The SMILES string of the molecule is C=CCNc1nc(C)cn1Cc1nccn1C. The van der Waals surface area contributed by atoms with Gasteiger partial charge in [0.2, 0.25) is 5.95 Å². The van der Waals surface area contributed by atoms with Crippen molar-refractivity contribution in [1.29, 1.82) is 0 Å². The van der Waals surface area contributed by atoms with Gasteiger partial charge >= 0.3 is 0 Å². The molecule has 0 saturated carbocycles. The largest absolute Gasteiger partial charge is 0.352 e. The summed E-state index contributed by atoms with van der Waals surface area (Å²) in [6.07, 6.45) is 7.57. The summed E-state index contributed by atoms with van der Waals surface area (Å²) >= 11 is 0. The van der Waals surface area contributed by atoms with E-state index in [9.17, 15) is 0 Å². The molecule has 2 rings (SSSR count). The van der Waals surface area contributed by atoms with Gasteiger partial charge in [0.05, 0.1) is 12.2 Å². The van der Waals surface area contributed by atoms with Gasteiger partial charge in [-0.05, 0) is 6.92 Å². The molecule has 0 aliphatic rings. The van der Waals surface area contributed by atoms with Crippen LogP contribution in [-0.2, 0) is 13.6 Å². The lowest BCUT2D eigenvalue weighted by Gasteiger charge is -2.08. The van der Waals surface area contributed by atoms with E-state index in [-0.39, 0.29) is 0 Å². The van der Waals surface area contributed by atoms with Crippen LogP contribution >= 0.6 is 0 Å². The van der Waals surface area contributed by atoms with E-state index in [1.807, 2.05) is 37.0 Å². The third kappa shape index (κ3) is 2.55. The van der Waals surface area contributed by atoms with Gasteiger partial charge in [-0.2, -0.15) is 0 Å². The minimum Gasteiger partial charge on any atom is -0.352 e. The van der Waals surface area contributed by atoms with Gasteiger partial charge in [0.15, 0.2) is 0 Å². The molecule has 0 saturated heterocycles. The van der Waals surface area contributed by atoms with Crippen molar-refractivity contribution in [3.8, 4) is 0 Å². The quantitative estimate of drug-likeness (QED) is 0.795. The number of imidazole rings is 2. The molecule has 0 bridgehead atoms. The Kier molecular flexibility index (Phi) is 3.27. The molecule has 2 aromatic heterocycles. The second-order valence-corrected chi connectivity index (χ2v) is 3.96. The Balaban J connectivity index is 2.20. The predicted molar refractivity (Wildman–Crippen MR) is 68.0 cm³/mol. The first kappa shape index (κ1) is 11.4. The standard InChI is InChI=1S/C12H17N5/c1-4-5-14-12-15-10(2)8-17(12)9-11-13-6-7-16(11)3/h4,6-8H,1,5,9H2,2-3H3,(H,14,15). The van der Waals surface area contributed by atoms with Gasteiger partial charge < -0.3 is 14.5 Å². The fraction of sp³-hybridized carbons (Fsp3) is 0.333. The minimum absolute atomic E-state index is 0.705. The number of aromatic nitrogens is 4. The Morgan fingerprint density at radius 3 is 3.00 bits per heavy atom. The first-order chi connectivity index (χ1) is 8.20. The molecule has 90 valence electrons. The van der Waals surface area contributed by atoms with Gasteiger partial charge in [-0.1, -0.05) is 6.08 Å². The van der Waals surface area contributed by atoms with E-state index in [2.05, 4.69) is 26.4 Å². The summed E-state index contributed by atoms with van der Waals surface area (Å²) in [4.78, 5) is 8.73. The van der Waals surface area contributed by atoms with Gasteiger partial charge in [0.1, 0.15) is 5.82 Å². The monoisotopic (exact) mass is 231 g/mol. The summed E-state index contributed by atoms with van der Waals surface area (Å²) in [5.74, 6) is 1.86. The lowest BCUT2D eigenvalue weighted by Crippen LogP contribution is -2.10. The van der Waals surface area contributed by atoms with E-state index in [1.165, 1.54) is 0 Å². The Morgan fingerprint density at radius 2 is 2.35 bits per heavy atom. The number of nitrogens with one attached hydrogen (secondary N) is 1. The van der Waals surface area contributed by atoms with E-state index in [4.69, 9.17) is 0 Å². The fourth-order valence-corrected chi connectivity index (χ4v) is 1.67. The molecule has 0 atom stereocenters. The van der Waals surface area contributed by atoms with Crippen LogP contribution in [0, 0.1) is 6.92 Å². The number of anilines is 1. The molecular weight excluding hydrogens is 214 g/mol. The molecule has 17 heavy (non-hydrogen) atoms. The Bertz CT molecular complexity index is 509. The fourth-order valence-electron chi connectivity index (χ4n) is 1.67. The molecule has 5 heteroatoms. The maximum absolute atomic E-state index is 4.43. The third-order valence-corrected chi connectivity index (χ3v) is 2.53. The number of aryl methyl sites for hydroxylation is 2. The summed E-state index contributed by atoms with van der Waals surface area (Å²) in [7, 11) is 1.99. The van der Waals surface area contributed by atoms with Crippen molar-refractivity contribution < 1.29 is 0 Å². The van der Waals surface area contributed by atoms with Crippen molar-refractivity contribution in [2.45, 2.75) is 13.5 Å². The van der Waals surface area contributed by atoms with Crippen LogP contribution < -0.4 is 5.32 Å². The molecule has 2 heterocycles. The molecule has 0 spiro atoms. The predicted octanol–water partition coefficient (Wildman–Crippen LogP) is 1.57. The zero-order valence-corrected chi connectivity index (χ0v) is 10.2. The van der Waals surface area contributed by atoms with Crippen molar-refractivity contribution in [1.82, 2.24) is 19.1 Å². The third-order valence-electron chi connectivity index (χ3n) is 2.53. The molecule has 2 aromatic rings. The average molecular weight is 231 g/mol. The summed E-state index contributed by atoms with van der Waals surface area (Å²) < 4.78 is 4.06. The van der Waals surface area contributed by atoms with E-state index in [0.717, 1.165) is 17.5 Å². The van der Waals surface area contributed by atoms with E-state index in [0.29, 0.717) is 13.1 Å². The maximum atomic E-state index is 4.43. The zero-order valence-electron chi connectivity index (χ0n) is 10.2. The van der Waals surface area contributed by atoms with Crippen LogP contribution in [0.3, 0.4) is 0 Å². The Labute approximate surface area is 101 Å². The smallest absolute Gasteiger partial charge is 0.203 e. The molecular formula is C12H17N5. The van der Waals surface area contributed by atoms with E-state index < -0.39 is 0 Å². The van der Waals surface area contributed by atoms with Crippen molar-refractivity contribution >= 4 is 5.95 Å². The number of hydrogen-bond acceptors (Lipinski definition) is 3. The zero-order chi connectivity index (χ0) is 12.3. The van der Waals surface area contributed by atoms with E-state index >= 15 is 0 Å². The first-order valence-electron chi connectivity index (χ1n) is 5.55. The molecule has 1 N–H and O–H groups in total. The lowest BCUT2D eigenvalue weighted by molar-refractivity contribution is 0.703. The van der Waals surface area contributed by atoms with Crippen LogP contribution in [0.1, 0.15) is 11.5 Å². The van der Waals surface area contributed by atoms with Crippen LogP contribution in [0.15, 0.2) is 31.2 Å². The molecule has 0 aliphatic carbocycles. The van der Waals surface area contributed by atoms with Crippen LogP contribution in [0.5, 0.6) is 0 Å². The van der Waals surface area contributed by atoms with Gasteiger partial charge in [-0.15, -0.1) is 6.58 Å². The van der Waals surface area contributed by atoms with Crippen LogP contribution in [0.2, 0.25) is 0 Å². The summed E-state index contributed by atoms with van der Waals surface area (Å²) in [6.45, 7) is 7.08. The molecule has 0 amide bonds. The Hall–Kier alpha value is -2.04. The van der Waals surface area contributed by atoms with Crippen molar-refractivity contribution in [3.05, 3.63) is 42.8 Å². The van der Waals surface area contributed by atoms with Crippen LogP contribution in [-0.4, -0.2) is 25.6 Å². The molecule has 0 unspecified atom stereocenters. The molecule has 0 aliphatic heterocycles. The second kappa shape index (κ2) is 4.86. The Morgan fingerprint density at radius 1 is 1.53 bits per heavy atom. The highest BCUT2D eigenvalue weighted by Crippen LogP contribution is 2.10. The second-order valence-electron chi connectivity index (χ2n) is 3.96. The van der Waals surface area contributed by atoms with Gasteiger partial charge in [-0.25, -0.2) is 9.97 Å². The summed E-state index contributed by atoms with van der Waals surface area (Å²) in [5, 5.41) is 3.21. The molecule has 5 nitrogen and oxygen atoms in total. The van der Waals surface area contributed by atoms with Gasteiger partial charge in [-0.3, -0.25) is 0 Å². The molecule has 0 aromatic carbocycles. The van der Waals surface area contributed by atoms with Crippen molar-refractivity contribution in [2.75, 3.05) is 11.9 Å². The number of nitrogens with zero attached hydrogens (tertiary/aromatic N) is 4. The van der Waals surface area contributed by atoms with E-state index in [1.54, 1.807) is 6.20 Å². The average Bonchev–Trinajstić information content (AvgIpc) is 2.84. The summed E-state index contributed by atoms with van der Waals surface area (Å²) in [6, 6.07) is 0.